The highest BCUT2D eigenvalue weighted by Crippen LogP contribution is 2.33. The predicted octanol–water partition coefficient (Wildman–Crippen LogP) is 4.15. The van der Waals surface area contributed by atoms with E-state index in [9.17, 15) is 26.4 Å². The number of hydrogen-bond acceptors (Lipinski definition) is 4. The lowest BCUT2D eigenvalue weighted by Crippen LogP contribution is -2.47. The molecule has 1 amide bonds. The number of nitrogens with one attached hydrogen (secondary N) is 1. The lowest BCUT2D eigenvalue weighted by Gasteiger charge is -2.33. The van der Waals surface area contributed by atoms with Crippen molar-refractivity contribution in [1.82, 2.24) is 9.62 Å². The number of piperidine rings is 1. The fourth-order valence-corrected chi connectivity index (χ4v) is 4.70. The normalized spacial score (nSPS) is 16.9. The maximum Gasteiger partial charge on any atom is 0.416 e. The Morgan fingerprint density at radius 3 is 2.25 bits per heavy atom. The summed E-state index contributed by atoms with van der Waals surface area (Å²) in [5, 5.41) is 0. The van der Waals surface area contributed by atoms with Crippen molar-refractivity contribution in [3.05, 3.63) is 28.2 Å². The maximum absolute atomic E-state index is 12.9. The summed E-state index contributed by atoms with van der Waals surface area (Å²) in [6, 6.07) is 2.05. The van der Waals surface area contributed by atoms with Crippen molar-refractivity contribution in [3.8, 4) is 0 Å². The van der Waals surface area contributed by atoms with Crippen LogP contribution in [0.3, 0.4) is 0 Å². The van der Waals surface area contributed by atoms with E-state index in [4.69, 9.17) is 4.74 Å². The van der Waals surface area contributed by atoms with Gasteiger partial charge >= 0.3 is 12.3 Å². The molecule has 2 rings (SSSR count). The fourth-order valence-electron chi connectivity index (χ4n) is 2.68. The summed E-state index contributed by atoms with van der Waals surface area (Å²) in [6.45, 7) is 5.82. The van der Waals surface area contributed by atoms with Crippen molar-refractivity contribution in [1.29, 1.82) is 0 Å². The Balaban J connectivity index is 2.05. The van der Waals surface area contributed by atoms with E-state index < -0.39 is 44.4 Å². The highest BCUT2D eigenvalue weighted by molar-refractivity contribution is 9.10. The summed E-state index contributed by atoms with van der Waals surface area (Å²) < 4.78 is 71.6. The number of ether oxygens (including phenoxy) is 1. The van der Waals surface area contributed by atoms with Crippen LogP contribution in [0.2, 0.25) is 0 Å². The average Bonchev–Trinajstić information content (AvgIpc) is 2.52. The van der Waals surface area contributed by atoms with Gasteiger partial charge in [0.05, 0.1) is 10.5 Å². The molecule has 0 spiro atoms. The minimum atomic E-state index is -4.66. The van der Waals surface area contributed by atoms with E-state index in [0.717, 1.165) is 12.1 Å². The van der Waals surface area contributed by atoms with Crippen molar-refractivity contribution in [2.24, 2.45) is 0 Å². The largest absolute Gasteiger partial charge is 0.444 e. The van der Waals surface area contributed by atoms with Crippen molar-refractivity contribution in [2.45, 2.75) is 56.3 Å². The van der Waals surface area contributed by atoms with Crippen LogP contribution in [-0.2, 0) is 20.9 Å². The van der Waals surface area contributed by atoms with Gasteiger partial charge in [-0.05, 0) is 51.8 Å². The summed E-state index contributed by atoms with van der Waals surface area (Å²) >= 11 is 2.92. The SMILES string of the molecule is CC(C)(C)OC(=O)N1CCC(NS(=O)(=O)c2cc(Br)cc(C(F)(F)F)c2)CC1. The number of carbonyl (C=O) groups is 1. The predicted molar refractivity (Wildman–Crippen MR) is 100 cm³/mol. The zero-order chi connectivity index (χ0) is 21.3. The number of hydrogen-bond donors (Lipinski definition) is 1. The van der Waals surface area contributed by atoms with Crippen LogP contribution in [-0.4, -0.2) is 44.1 Å². The zero-order valence-electron chi connectivity index (χ0n) is 15.6. The Hall–Kier alpha value is -1.33. The summed E-state index contributed by atoms with van der Waals surface area (Å²) in [5.41, 5.74) is -1.69. The highest BCUT2D eigenvalue weighted by Gasteiger charge is 2.34. The lowest BCUT2D eigenvalue weighted by atomic mass is 10.1. The maximum atomic E-state index is 12.9. The van der Waals surface area contributed by atoms with E-state index in [-0.39, 0.29) is 17.6 Å². The van der Waals surface area contributed by atoms with Crippen LogP contribution in [0.4, 0.5) is 18.0 Å². The molecule has 0 saturated carbocycles. The van der Waals surface area contributed by atoms with Crippen LogP contribution in [0, 0.1) is 0 Å². The van der Waals surface area contributed by atoms with E-state index in [2.05, 4.69) is 20.7 Å². The molecular weight excluding hydrogens is 465 g/mol. The molecule has 11 heteroatoms. The molecule has 0 bridgehead atoms. The van der Waals surface area contributed by atoms with Crippen LogP contribution in [0.25, 0.3) is 0 Å². The Kier molecular flexibility index (Phi) is 6.72. The van der Waals surface area contributed by atoms with Crippen LogP contribution in [0.1, 0.15) is 39.2 Å². The number of carbonyl (C=O) groups excluding carboxylic acids is 1. The molecule has 0 radical (unpaired) electrons. The number of alkyl halides is 3. The van der Waals surface area contributed by atoms with Gasteiger partial charge in [-0.25, -0.2) is 17.9 Å². The molecule has 1 aliphatic heterocycles. The lowest BCUT2D eigenvalue weighted by molar-refractivity contribution is -0.137. The van der Waals surface area contributed by atoms with Gasteiger partial charge in [-0.1, -0.05) is 15.9 Å². The summed E-state index contributed by atoms with van der Waals surface area (Å²) in [5.74, 6) is 0. The number of nitrogens with zero attached hydrogens (tertiary/aromatic N) is 1. The molecule has 6 nitrogen and oxygen atoms in total. The van der Waals surface area contributed by atoms with Crippen LogP contribution in [0.15, 0.2) is 27.6 Å². The van der Waals surface area contributed by atoms with Gasteiger partial charge in [0.2, 0.25) is 10.0 Å². The third-order valence-corrected chi connectivity index (χ3v) is 5.94. The Morgan fingerprint density at radius 1 is 1.18 bits per heavy atom. The van der Waals surface area contributed by atoms with Gasteiger partial charge in [0.25, 0.3) is 0 Å². The minimum Gasteiger partial charge on any atom is -0.444 e. The standard InChI is InChI=1S/C17H22BrF3N2O4S/c1-16(2,3)27-15(24)23-6-4-13(5-7-23)22-28(25,26)14-9-11(17(19,20)21)8-12(18)10-14/h8-10,13,22H,4-7H2,1-3H3. The third-order valence-electron chi connectivity index (χ3n) is 3.98. The quantitative estimate of drug-likeness (QED) is 0.696. The topological polar surface area (TPSA) is 75.7 Å². The van der Waals surface area contributed by atoms with Gasteiger partial charge in [0.15, 0.2) is 0 Å². The molecule has 1 heterocycles. The summed E-state index contributed by atoms with van der Waals surface area (Å²) in [7, 11) is -4.15. The Morgan fingerprint density at radius 2 is 1.75 bits per heavy atom. The smallest absolute Gasteiger partial charge is 0.416 e. The number of halogens is 4. The molecular formula is C17H22BrF3N2O4S. The average molecular weight is 487 g/mol. The zero-order valence-corrected chi connectivity index (χ0v) is 18.0. The van der Waals surface area contributed by atoms with Gasteiger partial charge in [0.1, 0.15) is 5.60 Å². The summed E-state index contributed by atoms with van der Waals surface area (Å²) in [6.07, 6.45) is -4.47. The van der Waals surface area contributed by atoms with Gasteiger partial charge in [-0.15, -0.1) is 0 Å². The van der Waals surface area contributed by atoms with Gasteiger partial charge in [-0.3, -0.25) is 0 Å². The molecule has 1 aromatic rings. The monoisotopic (exact) mass is 486 g/mol. The van der Waals surface area contributed by atoms with Crippen molar-refractivity contribution in [3.63, 3.8) is 0 Å². The number of benzene rings is 1. The second-order valence-electron chi connectivity index (χ2n) is 7.54. The molecule has 0 unspecified atom stereocenters. The molecule has 1 N–H and O–H groups in total. The molecule has 1 aliphatic rings. The number of rotatable bonds is 3. The van der Waals surface area contributed by atoms with Crippen molar-refractivity contribution >= 4 is 32.0 Å². The van der Waals surface area contributed by atoms with E-state index in [1.165, 1.54) is 4.90 Å². The fraction of sp³-hybridized carbons (Fsp3) is 0.588. The molecule has 1 fully saturated rings. The molecule has 0 atom stereocenters. The molecule has 0 aliphatic carbocycles. The minimum absolute atomic E-state index is 0.0162. The van der Waals surface area contributed by atoms with Crippen molar-refractivity contribution in [2.75, 3.05) is 13.1 Å². The molecule has 1 saturated heterocycles. The number of sulfonamides is 1. The van der Waals surface area contributed by atoms with Gasteiger partial charge in [0, 0.05) is 23.6 Å². The van der Waals surface area contributed by atoms with Crippen molar-refractivity contribution < 1.29 is 31.1 Å². The van der Waals surface area contributed by atoms with Gasteiger partial charge < -0.3 is 9.64 Å². The van der Waals surface area contributed by atoms with E-state index >= 15 is 0 Å². The second kappa shape index (κ2) is 8.19. The Bertz CT molecular complexity index is 830. The highest BCUT2D eigenvalue weighted by atomic mass is 79.9. The molecule has 0 aromatic heterocycles. The molecule has 158 valence electrons. The van der Waals surface area contributed by atoms with E-state index in [1.807, 2.05) is 0 Å². The number of likely N-dealkylation sites (tertiary alicyclic amines) is 1. The first-order valence-corrected chi connectivity index (χ1v) is 10.8. The van der Waals surface area contributed by atoms with Crippen LogP contribution < -0.4 is 4.72 Å². The summed E-state index contributed by atoms with van der Waals surface area (Å²) in [4.78, 5) is 13.1. The second-order valence-corrected chi connectivity index (χ2v) is 10.2. The number of amides is 1. The van der Waals surface area contributed by atoms with Gasteiger partial charge in [-0.2, -0.15) is 13.2 Å². The van der Waals surface area contributed by atoms with E-state index in [1.54, 1.807) is 20.8 Å². The first-order chi connectivity index (χ1) is 12.7. The first-order valence-electron chi connectivity index (χ1n) is 8.55. The first kappa shape index (κ1) is 23.0. The van der Waals surface area contributed by atoms with Crippen LogP contribution in [0.5, 0.6) is 0 Å². The molecule has 1 aromatic carbocycles. The Labute approximate surface area is 170 Å². The third kappa shape index (κ3) is 6.35. The van der Waals surface area contributed by atoms with E-state index in [0.29, 0.717) is 18.9 Å². The molecule has 28 heavy (non-hydrogen) atoms. The van der Waals surface area contributed by atoms with Crippen LogP contribution >= 0.6 is 15.9 Å².